The third-order valence-electron chi connectivity index (χ3n) is 2.18. The largest absolute Gasteiger partial charge is 0.477 e. The van der Waals surface area contributed by atoms with E-state index in [9.17, 15) is 13.6 Å². The summed E-state index contributed by atoms with van der Waals surface area (Å²) in [7, 11) is 0. The summed E-state index contributed by atoms with van der Waals surface area (Å²) in [5.41, 5.74) is 1.92. The predicted octanol–water partition coefficient (Wildman–Crippen LogP) is 1.36. The van der Waals surface area contributed by atoms with E-state index in [0.717, 1.165) is 6.07 Å². The second kappa shape index (κ2) is 5.58. The normalized spacial score (nSPS) is 12.4. The van der Waals surface area contributed by atoms with E-state index in [2.05, 4.69) is 0 Å². The van der Waals surface area contributed by atoms with E-state index in [1.807, 2.05) is 5.43 Å². The Kier molecular flexibility index (Phi) is 4.39. The molecule has 0 aliphatic heterocycles. The lowest BCUT2D eigenvalue weighted by atomic mass is 10.1. The van der Waals surface area contributed by atoms with Crippen molar-refractivity contribution in [3.63, 3.8) is 0 Å². The van der Waals surface area contributed by atoms with Crippen molar-refractivity contribution in [2.24, 2.45) is 11.8 Å². The zero-order chi connectivity index (χ0) is 13.0. The van der Waals surface area contributed by atoms with Crippen molar-refractivity contribution in [3.8, 4) is 5.75 Å². The summed E-state index contributed by atoms with van der Waals surface area (Å²) in [6.45, 7) is 3.41. The van der Waals surface area contributed by atoms with Crippen LogP contribution in [0.4, 0.5) is 8.78 Å². The molecule has 0 spiro atoms. The SMILES string of the molecule is CC(C)C(Oc1cccc(F)c1F)C(=O)NN. The Morgan fingerprint density at radius 1 is 1.41 bits per heavy atom. The van der Waals surface area contributed by atoms with E-state index in [0.29, 0.717) is 0 Å². The molecule has 3 N–H and O–H groups in total. The van der Waals surface area contributed by atoms with Gasteiger partial charge in [-0.05, 0) is 18.1 Å². The lowest BCUT2D eigenvalue weighted by Gasteiger charge is -2.20. The number of hydrogen-bond acceptors (Lipinski definition) is 3. The standard InChI is InChI=1S/C11H14F2N2O2/c1-6(2)10(11(16)15-14)17-8-5-3-4-7(12)9(8)13/h3-6,10H,14H2,1-2H3,(H,15,16). The Morgan fingerprint density at radius 2 is 2.06 bits per heavy atom. The van der Waals surface area contributed by atoms with Gasteiger partial charge in [0.15, 0.2) is 17.7 Å². The van der Waals surface area contributed by atoms with Crippen LogP contribution in [0.2, 0.25) is 0 Å². The van der Waals surface area contributed by atoms with Crippen LogP contribution in [-0.2, 0) is 4.79 Å². The first-order chi connectivity index (χ1) is 7.97. The molecule has 1 aromatic carbocycles. The molecule has 94 valence electrons. The van der Waals surface area contributed by atoms with Gasteiger partial charge in [-0.15, -0.1) is 0 Å². The van der Waals surface area contributed by atoms with Crippen molar-refractivity contribution >= 4 is 5.91 Å². The van der Waals surface area contributed by atoms with Gasteiger partial charge in [-0.1, -0.05) is 19.9 Å². The first-order valence-corrected chi connectivity index (χ1v) is 5.08. The average Bonchev–Trinajstić information content (AvgIpc) is 2.29. The molecule has 1 rings (SSSR count). The van der Waals surface area contributed by atoms with Crippen LogP contribution in [0.1, 0.15) is 13.8 Å². The highest BCUT2D eigenvalue weighted by Crippen LogP contribution is 2.22. The Hall–Kier alpha value is -1.69. The number of hydrogen-bond donors (Lipinski definition) is 2. The van der Waals surface area contributed by atoms with Crippen molar-refractivity contribution in [1.29, 1.82) is 0 Å². The van der Waals surface area contributed by atoms with E-state index in [4.69, 9.17) is 10.6 Å². The Labute approximate surface area is 97.7 Å². The number of carbonyl (C=O) groups excluding carboxylic acids is 1. The van der Waals surface area contributed by atoms with Gasteiger partial charge in [-0.25, -0.2) is 10.2 Å². The van der Waals surface area contributed by atoms with Gasteiger partial charge in [0.25, 0.3) is 5.91 Å². The fourth-order valence-electron chi connectivity index (χ4n) is 1.29. The number of halogens is 2. The number of amides is 1. The number of carbonyl (C=O) groups is 1. The van der Waals surface area contributed by atoms with E-state index >= 15 is 0 Å². The van der Waals surface area contributed by atoms with Crippen LogP contribution < -0.4 is 16.0 Å². The minimum Gasteiger partial charge on any atom is -0.477 e. The number of nitrogens with two attached hydrogens (primary N) is 1. The molecular formula is C11H14F2N2O2. The minimum atomic E-state index is -1.12. The predicted molar refractivity (Wildman–Crippen MR) is 57.9 cm³/mol. The summed E-state index contributed by atoms with van der Waals surface area (Å²) in [6.07, 6.45) is -0.976. The molecule has 1 amide bonds. The van der Waals surface area contributed by atoms with Gasteiger partial charge >= 0.3 is 0 Å². The van der Waals surface area contributed by atoms with Gasteiger partial charge in [0.1, 0.15) is 0 Å². The number of nitrogens with one attached hydrogen (secondary N) is 1. The monoisotopic (exact) mass is 244 g/mol. The molecule has 0 aliphatic carbocycles. The topological polar surface area (TPSA) is 64.3 Å². The van der Waals surface area contributed by atoms with Crippen molar-refractivity contribution in [1.82, 2.24) is 5.43 Å². The van der Waals surface area contributed by atoms with E-state index < -0.39 is 23.6 Å². The Bertz CT molecular complexity index is 410. The Morgan fingerprint density at radius 3 is 2.59 bits per heavy atom. The van der Waals surface area contributed by atoms with Gasteiger partial charge in [0.2, 0.25) is 5.82 Å². The quantitative estimate of drug-likeness (QED) is 0.477. The van der Waals surface area contributed by atoms with Crippen LogP contribution in [0.15, 0.2) is 18.2 Å². The minimum absolute atomic E-state index is 0.235. The highest BCUT2D eigenvalue weighted by molar-refractivity contribution is 5.80. The number of hydrazine groups is 1. The number of ether oxygens (including phenoxy) is 1. The lowest BCUT2D eigenvalue weighted by molar-refractivity contribution is -0.130. The molecule has 0 radical (unpaired) electrons. The van der Waals surface area contributed by atoms with E-state index in [1.165, 1.54) is 12.1 Å². The highest BCUT2D eigenvalue weighted by Gasteiger charge is 2.25. The molecule has 0 heterocycles. The summed E-state index contributed by atoms with van der Waals surface area (Å²) < 4.78 is 31.4. The van der Waals surface area contributed by atoms with Crippen LogP contribution in [0.5, 0.6) is 5.75 Å². The molecule has 1 atom stereocenters. The maximum absolute atomic E-state index is 13.3. The number of benzene rings is 1. The van der Waals surface area contributed by atoms with Crippen LogP contribution in [-0.4, -0.2) is 12.0 Å². The van der Waals surface area contributed by atoms with Gasteiger partial charge < -0.3 is 4.74 Å². The third-order valence-corrected chi connectivity index (χ3v) is 2.18. The van der Waals surface area contributed by atoms with Crippen LogP contribution in [0.25, 0.3) is 0 Å². The summed E-state index contributed by atoms with van der Waals surface area (Å²) in [4.78, 5) is 11.4. The summed E-state index contributed by atoms with van der Waals surface area (Å²) >= 11 is 0. The molecule has 17 heavy (non-hydrogen) atoms. The van der Waals surface area contributed by atoms with Crippen LogP contribution in [0, 0.1) is 17.6 Å². The van der Waals surface area contributed by atoms with Gasteiger partial charge in [0.05, 0.1) is 0 Å². The maximum Gasteiger partial charge on any atom is 0.275 e. The Balaban J connectivity index is 2.94. The number of rotatable bonds is 4. The molecule has 1 aromatic rings. The van der Waals surface area contributed by atoms with Gasteiger partial charge in [-0.3, -0.25) is 10.2 Å². The van der Waals surface area contributed by atoms with E-state index in [1.54, 1.807) is 13.8 Å². The molecule has 0 aliphatic rings. The zero-order valence-corrected chi connectivity index (χ0v) is 9.54. The molecule has 1 unspecified atom stereocenters. The second-order valence-corrected chi connectivity index (χ2v) is 3.84. The lowest BCUT2D eigenvalue weighted by Crippen LogP contribution is -2.45. The van der Waals surface area contributed by atoms with Crippen molar-refractivity contribution in [2.75, 3.05) is 0 Å². The first kappa shape index (κ1) is 13.4. The van der Waals surface area contributed by atoms with Gasteiger partial charge in [0, 0.05) is 0 Å². The van der Waals surface area contributed by atoms with Gasteiger partial charge in [-0.2, -0.15) is 4.39 Å². The van der Waals surface area contributed by atoms with Crippen molar-refractivity contribution in [3.05, 3.63) is 29.8 Å². The molecule has 0 saturated carbocycles. The molecule has 4 nitrogen and oxygen atoms in total. The molecule has 0 fully saturated rings. The summed E-state index contributed by atoms with van der Waals surface area (Å²) in [6, 6.07) is 3.51. The van der Waals surface area contributed by atoms with Crippen LogP contribution in [0.3, 0.4) is 0 Å². The first-order valence-electron chi connectivity index (χ1n) is 5.08. The highest BCUT2D eigenvalue weighted by atomic mass is 19.2. The fourth-order valence-corrected chi connectivity index (χ4v) is 1.29. The van der Waals surface area contributed by atoms with Crippen molar-refractivity contribution < 1.29 is 18.3 Å². The molecular weight excluding hydrogens is 230 g/mol. The molecule has 0 saturated heterocycles. The fraction of sp³-hybridized carbons (Fsp3) is 0.364. The zero-order valence-electron chi connectivity index (χ0n) is 9.54. The van der Waals surface area contributed by atoms with E-state index in [-0.39, 0.29) is 11.7 Å². The second-order valence-electron chi connectivity index (χ2n) is 3.84. The smallest absolute Gasteiger partial charge is 0.275 e. The summed E-state index contributed by atoms with van der Waals surface area (Å²) in [5, 5.41) is 0. The summed E-state index contributed by atoms with van der Waals surface area (Å²) in [5.74, 6) is 1.69. The molecule has 0 bridgehead atoms. The van der Waals surface area contributed by atoms with Crippen LogP contribution >= 0.6 is 0 Å². The average molecular weight is 244 g/mol. The maximum atomic E-state index is 13.3. The molecule has 6 heteroatoms. The third kappa shape index (κ3) is 3.13. The van der Waals surface area contributed by atoms with Crippen molar-refractivity contribution in [2.45, 2.75) is 20.0 Å². The molecule has 0 aromatic heterocycles.